The van der Waals surface area contributed by atoms with Gasteiger partial charge in [0.25, 0.3) is 0 Å². The van der Waals surface area contributed by atoms with Gasteiger partial charge < -0.3 is 15.3 Å². The maximum absolute atomic E-state index is 10.9. The molecule has 4 nitrogen and oxygen atoms in total. The van der Waals surface area contributed by atoms with Crippen molar-refractivity contribution in [3.63, 3.8) is 0 Å². The SMILES string of the molecule is CC(C)N(C)C[C@H](C)NCc1cccc(C(=O)O)c1. The molecule has 4 heteroatoms. The Labute approximate surface area is 115 Å². The van der Waals surface area contributed by atoms with Crippen molar-refractivity contribution < 1.29 is 9.90 Å². The van der Waals surface area contributed by atoms with Crippen LogP contribution in [0.5, 0.6) is 0 Å². The highest BCUT2D eigenvalue weighted by Gasteiger charge is 2.09. The molecule has 106 valence electrons. The predicted octanol–water partition coefficient (Wildman–Crippen LogP) is 2.20. The molecule has 0 unspecified atom stereocenters. The standard InChI is InChI=1S/C15H24N2O2/c1-11(2)17(4)10-12(3)16-9-13-6-5-7-14(8-13)15(18)19/h5-8,11-12,16H,9-10H2,1-4H3,(H,18,19)/t12-/m0/s1. The molecule has 0 amide bonds. The second-order valence-corrected chi connectivity index (χ2v) is 5.32. The second-order valence-electron chi connectivity index (χ2n) is 5.32. The van der Waals surface area contributed by atoms with Crippen LogP contribution >= 0.6 is 0 Å². The predicted molar refractivity (Wildman–Crippen MR) is 77.5 cm³/mol. The number of aromatic carboxylic acids is 1. The van der Waals surface area contributed by atoms with Crippen molar-refractivity contribution in [2.75, 3.05) is 13.6 Å². The molecule has 0 aliphatic rings. The number of carboxylic acids is 1. The van der Waals surface area contributed by atoms with Crippen LogP contribution in [0.2, 0.25) is 0 Å². The number of carbonyl (C=O) groups is 1. The van der Waals surface area contributed by atoms with Crippen LogP contribution in [-0.2, 0) is 6.54 Å². The van der Waals surface area contributed by atoms with Crippen LogP contribution in [0.25, 0.3) is 0 Å². The minimum absolute atomic E-state index is 0.339. The normalized spacial score (nSPS) is 12.9. The van der Waals surface area contributed by atoms with E-state index in [-0.39, 0.29) is 0 Å². The quantitative estimate of drug-likeness (QED) is 0.793. The van der Waals surface area contributed by atoms with Crippen molar-refractivity contribution >= 4 is 5.97 Å². The molecule has 0 heterocycles. The van der Waals surface area contributed by atoms with Gasteiger partial charge in [-0.3, -0.25) is 0 Å². The lowest BCUT2D eigenvalue weighted by atomic mass is 10.1. The summed E-state index contributed by atoms with van der Waals surface area (Å²) in [4.78, 5) is 13.2. The Morgan fingerprint density at radius 2 is 2.05 bits per heavy atom. The largest absolute Gasteiger partial charge is 0.478 e. The summed E-state index contributed by atoms with van der Waals surface area (Å²) in [6.07, 6.45) is 0. The molecular weight excluding hydrogens is 240 g/mol. The Balaban J connectivity index is 2.48. The topological polar surface area (TPSA) is 52.6 Å². The highest BCUT2D eigenvalue weighted by Crippen LogP contribution is 2.06. The number of nitrogens with one attached hydrogen (secondary N) is 1. The summed E-state index contributed by atoms with van der Waals surface area (Å²) < 4.78 is 0. The highest BCUT2D eigenvalue weighted by atomic mass is 16.4. The van der Waals surface area contributed by atoms with E-state index >= 15 is 0 Å². The first-order valence-corrected chi connectivity index (χ1v) is 6.66. The maximum Gasteiger partial charge on any atom is 0.335 e. The molecule has 1 aromatic carbocycles. The van der Waals surface area contributed by atoms with E-state index in [1.807, 2.05) is 6.07 Å². The van der Waals surface area contributed by atoms with Crippen molar-refractivity contribution in [1.82, 2.24) is 10.2 Å². The van der Waals surface area contributed by atoms with Gasteiger partial charge in [0.1, 0.15) is 0 Å². The van der Waals surface area contributed by atoms with Gasteiger partial charge in [-0.1, -0.05) is 12.1 Å². The summed E-state index contributed by atoms with van der Waals surface area (Å²) in [6, 6.07) is 7.94. The lowest BCUT2D eigenvalue weighted by Crippen LogP contribution is -2.39. The molecule has 1 aromatic rings. The molecule has 0 saturated heterocycles. The van der Waals surface area contributed by atoms with Crippen LogP contribution in [0.4, 0.5) is 0 Å². The van der Waals surface area contributed by atoms with Crippen LogP contribution in [-0.4, -0.2) is 41.7 Å². The van der Waals surface area contributed by atoms with E-state index in [4.69, 9.17) is 5.11 Å². The summed E-state index contributed by atoms with van der Waals surface area (Å²) in [5.41, 5.74) is 1.34. The van der Waals surface area contributed by atoms with Gasteiger partial charge in [0, 0.05) is 25.2 Å². The van der Waals surface area contributed by atoms with Crippen molar-refractivity contribution in [2.45, 2.75) is 39.4 Å². The summed E-state index contributed by atoms with van der Waals surface area (Å²) in [6.45, 7) is 8.14. The molecule has 0 bridgehead atoms. The number of hydrogen-bond donors (Lipinski definition) is 2. The molecule has 0 aliphatic heterocycles. The van der Waals surface area contributed by atoms with Gasteiger partial charge >= 0.3 is 5.97 Å². The fraction of sp³-hybridized carbons (Fsp3) is 0.533. The Kier molecular flexibility index (Phi) is 5.99. The van der Waals surface area contributed by atoms with E-state index < -0.39 is 5.97 Å². The fourth-order valence-electron chi connectivity index (χ4n) is 1.81. The molecule has 0 aromatic heterocycles. The molecule has 1 rings (SSSR count). The first kappa shape index (κ1) is 15.7. The van der Waals surface area contributed by atoms with Gasteiger partial charge in [0.2, 0.25) is 0 Å². The van der Waals surface area contributed by atoms with Crippen molar-refractivity contribution in [1.29, 1.82) is 0 Å². The van der Waals surface area contributed by atoms with E-state index in [1.54, 1.807) is 18.2 Å². The molecule has 0 aliphatic carbocycles. The summed E-state index contributed by atoms with van der Waals surface area (Å²) in [7, 11) is 2.11. The second kappa shape index (κ2) is 7.26. The van der Waals surface area contributed by atoms with Crippen LogP contribution in [0, 0.1) is 0 Å². The van der Waals surface area contributed by atoms with E-state index in [1.165, 1.54) is 0 Å². The number of rotatable bonds is 7. The van der Waals surface area contributed by atoms with Crippen molar-refractivity contribution in [3.8, 4) is 0 Å². The van der Waals surface area contributed by atoms with E-state index in [2.05, 4.69) is 38.0 Å². The van der Waals surface area contributed by atoms with Gasteiger partial charge in [-0.05, 0) is 45.5 Å². The molecule has 0 fully saturated rings. The van der Waals surface area contributed by atoms with Gasteiger partial charge in [-0.2, -0.15) is 0 Å². The average molecular weight is 264 g/mol. The third kappa shape index (κ3) is 5.41. The Morgan fingerprint density at radius 3 is 2.63 bits per heavy atom. The van der Waals surface area contributed by atoms with Gasteiger partial charge in [-0.15, -0.1) is 0 Å². The third-order valence-corrected chi connectivity index (χ3v) is 3.27. The van der Waals surface area contributed by atoms with Gasteiger partial charge in [0.05, 0.1) is 5.56 Å². The number of carboxylic acid groups (broad SMARTS) is 1. The van der Waals surface area contributed by atoms with Crippen LogP contribution < -0.4 is 5.32 Å². The number of hydrogen-bond acceptors (Lipinski definition) is 3. The van der Waals surface area contributed by atoms with Crippen LogP contribution in [0.1, 0.15) is 36.7 Å². The molecule has 2 N–H and O–H groups in total. The average Bonchev–Trinajstić information content (AvgIpc) is 2.36. The smallest absolute Gasteiger partial charge is 0.335 e. The monoisotopic (exact) mass is 264 g/mol. The summed E-state index contributed by atoms with van der Waals surface area (Å²) in [5.74, 6) is -0.880. The Bertz CT molecular complexity index is 418. The Hall–Kier alpha value is -1.39. The maximum atomic E-state index is 10.9. The Morgan fingerprint density at radius 1 is 1.37 bits per heavy atom. The van der Waals surface area contributed by atoms with E-state index in [0.717, 1.165) is 12.1 Å². The molecule has 1 atom stereocenters. The zero-order chi connectivity index (χ0) is 14.4. The van der Waals surface area contributed by atoms with Crippen LogP contribution in [0.3, 0.4) is 0 Å². The lowest BCUT2D eigenvalue weighted by Gasteiger charge is -2.25. The molecule has 19 heavy (non-hydrogen) atoms. The van der Waals surface area contributed by atoms with Crippen molar-refractivity contribution in [3.05, 3.63) is 35.4 Å². The fourth-order valence-corrected chi connectivity index (χ4v) is 1.81. The summed E-state index contributed by atoms with van der Waals surface area (Å²) >= 11 is 0. The van der Waals surface area contributed by atoms with E-state index in [0.29, 0.717) is 24.2 Å². The van der Waals surface area contributed by atoms with Crippen LogP contribution in [0.15, 0.2) is 24.3 Å². The molecule has 0 spiro atoms. The number of likely N-dealkylation sites (N-methyl/N-ethyl adjacent to an activating group) is 1. The zero-order valence-electron chi connectivity index (χ0n) is 12.2. The van der Waals surface area contributed by atoms with Crippen molar-refractivity contribution in [2.24, 2.45) is 0 Å². The minimum Gasteiger partial charge on any atom is -0.478 e. The van der Waals surface area contributed by atoms with Gasteiger partial charge in [0.15, 0.2) is 0 Å². The highest BCUT2D eigenvalue weighted by molar-refractivity contribution is 5.87. The lowest BCUT2D eigenvalue weighted by molar-refractivity contribution is 0.0696. The zero-order valence-corrected chi connectivity index (χ0v) is 12.2. The molecule has 0 saturated carbocycles. The molecular formula is C15H24N2O2. The number of nitrogens with zero attached hydrogens (tertiary/aromatic N) is 1. The number of benzene rings is 1. The van der Waals surface area contributed by atoms with Gasteiger partial charge in [-0.25, -0.2) is 4.79 Å². The molecule has 0 radical (unpaired) electrons. The van der Waals surface area contributed by atoms with E-state index in [9.17, 15) is 4.79 Å². The minimum atomic E-state index is -0.880. The summed E-state index contributed by atoms with van der Waals surface area (Å²) in [5, 5.41) is 12.4. The third-order valence-electron chi connectivity index (χ3n) is 3.27. The first-order chi connectivity index (χ1) is 8.90. The first-order valence-electron chi connectivity index (χ1n) is 6.66.